The topological polar surface area (TPSA) is 24.4 Å². The van der Waals surface area contributed by atoms with Crippen LogP contribution in [0.4, 0.5) is 0 Å². The van der Waals surface area contributed by atoms with Crippen LogP contribution in [-0.2, 0) is 0 Å². The van der Waals surface area contributed by atoms with Gasteiger partial charge in [-0.05, 0) is 38.5 Å². The summed E-state index contributed by atoms with van der Waals surface area (Å²) < 4.78 is 0. The third-order valence-corrected chi connectivity index (χ3v) is 3.38. The molecule has 0 amide bonds. The molecule has 1 N–H and O–H groups in total. The molecule has 0 saturated heterocycles. The van der Waals surface area contributed by atoms with Gasteiger partial charge >= 0.3 is 0 Å². The second-order valence-electron chi connectivity index (χ2n) is 4.41. The van der Waals surface area contributed by atoms with Gasteiger partial charge in [-0.2, -0.15) is 0 Å². The fourth-order valence-corrected chi connectivity index (χ4v) is 2.14. The van der Waals surface area contributed by atoms with Gasteiger partial charge in [-0.15, -0.1) is 0 Å². The van der Waals surface area contributed by atoms with E-state index in [4.69, 9.17) is 0 Å². The average molecular weight is 180 g/mol. The first-order valence-corrected chi connectivity index (χ1v) is 5.66. The van der Waals surface area contributed by atoms with E-state index < -0.39 is 0 Å². The van der Waals surface area contributed by atoms with E-state index in [0.717, 1.165) is 12.5 Å². The van der Waals surface area contributed by atoms with Crippen molar-refractivity contribution in [1.29, 1.82) is 0 Å². The van der Waals surface area contributed by atoms with Gasteiger partial charge in [0.15, 0.2) is 0 Å². The van der Waals surface area contributed by atoms with Crippen molar-refractivity contribution in [2.75, 3.05) is 6.54 Å². The molecule has 2 rings (SSSR count). The molecule has 1 aliphatic heterocycles. The van der Waals surface area contributed by atoms with Crippen LogP contribution in [0.1, 0.15) is 45.4 Å². The van der Waals surface area contributed by atoms with Crippen LogP contribution in [-0.4, -0.2) is 18.4 Å². The van der Waals surface area contributed by atoms with E-state index in [9.17, 15) is 0 Å². The SMILES string of the molecule is CC(NC1=NCCCC1)C1CCC1. The fraction of sp³-hybridized carbons (Fsp3) is 0.909. The Morgan fingerprint density at radius 3 is 2.69 bits per heavy atom. The predicted molar refractivity (Wildman–Crippen MR) is 56.1 cm³/mol. The number of hydrogen-bond donors (Lipinski definition) is 1. The molecule has 1 unspecified atom stereocenters. The zero-order valence-corrected chi connectivity index (χ0v) is 8.55. The summed E-state index contributed by atoms with van der Waals surface area (Å²) in [4.78, 5) is 4.52. The van der Waals surface area contributed by atoms with Gasteiger partial charge in [-0.1, -0.05) is 6.42 Å². The minimum Gasteiger partial charge on any atom is -0.371 e. The molecule has 0 spiro atoms. The Labute approximate surface area is 80.8 Å². The summed E-state index contributed by atoms with van der Waals surface area (Å²) >= 11 is 0. The zero-order chi connectivity index (χ0) is 9.10. The second-order valence-corrected chi connectivity index (χ2v) is 4.41. The van der Waals surface area contributed by atoms with Crippen molar-refractivity contribution in [1.82, 2.24) is 5.32 Å². The van der Waals surface area contributed by atoms with E-state index in [1.807, 2.05) is 0 Å². The Balaban J connectivity index is 1.78. The molecule has 13 heavy (non-hydrogen) atoms. The van der Waals surface area contributed by atoms with Gasteiger partial charge in [-0.25, -0.2) is 0 Å². The fourth-order valence-electron chi connectivity index (χ4n) is 2.14. The lowest BCUT2D eigenvalue weighted by molar-refractivity contribution is 0.258. The standard InChI is InChI=1S/C11H20N2/c1-9(10-5-4-6-10)13-11-7-2-3-8-12-11/h9-10H,2-8H2,1H3,(H,12,13). The quantitative estimate of drug-likeness (QED) is 0.693. The highest BCUT2D eigenvalue weighted by Crippen LogP contribution is 2.29. The molecular formula is C11H20N2. The zero-order valence-electron chi connectivity index (χ0n) is 8.55. The van der Waals surface area contributed by atoms with Crippen molar-refractivity contribution in [2.45, 2.75) is 51.5 Å². The van der Waals surface area contributed by atoms with E-state index in [2.05, 4.69) is 17.2 Å². The summed E-state index contributed by atoms with van der Waals surface area (Å²) in [6.45, 7) is 3.35. The molecule has 1 atom stereocenters. The third-order valence-electron chi connectivity index (χ3n) is 3.38. The summed E-state index contributed by atoms with van der Waals surface area (Å²) in [5, 5.41) is 3.57. The lowest BCUT2D eigenvalue weighted by Gasteiger charge is -2.33. The van der Waals surface area contributed by atoms with E-state index in [0.29, 0.717) is 6.04 Å². The smallest absolute Gasteiger partial charge is 0.0965 e. The lowest BCUT2D eigenvalue weighted by atomic mass is 9.80. The van der Waals surface area contributed by atoms with Crippen LogP contribution < -0.4 is 5.32 Å². The first-order chi connectivity index (χ1) is 6.36. The van der Waals surface area contributed by atoms with Crippen LogP contribution in [0.15, 0.2) is 4.99 Å². The average Bonchev–Trinajstić information content (AvgIpc) is 2.02. The number of amidine groups is 1. The van der Waals surface area contributed by atoms with Crippen LogP contribution in [0, 0.1) is 5.92 Å². The highest BCUT2D eigenvalue weighted by atomic mass is 15.0. The maximum absolute atomic E-state index is 4.52. The van der Waals surface area contributed by atoms with Gasteiger partial charge < -0.3 is 5.32 Å². The van der Waals surface area contributed by atoms with Gasteiger partial charge in [0.2, 0.25) is 0 Å². The molecule has 0 aromatic carbocycles. The molecule has 0 bridgehead atoms. The van der Waals surface area contributed by atoms with E-state index >= 15 is 0 Å². The summed E-state index contributed by atoms with van der Waals surface area (Å²) in [7, 11) is 0. The molecule has 0 aromatic heterocycles. The normalized spacial score (nSPS) is 26.1. The Morgan fingerprint density at radius 2 is 2.15 bits per heavy atom. The number of aliphatic imine (C=N–C) groups is 1. The summed E-state index contributed by atoms with van der Waals surface area (Å²) in [6, 6.07) is 0.658. The number of hydrogen-bond acceptors (Lipinski definition) is 2. The van der Waals surface area contributed by atoms with Crippen molar-refractivity contribution in [3.8, 4) is 0 Å². The monoisotopic (exact) mass is 180 g/mol. The van der Waals surface area contributed by atoms with Gasteiger partial charge in [0.25, 0.3) is 0 Å². The summed E-state index contributed by atoms with van der Waals surface area (Å²) in [6.07, 6.45) is 8.05. The number of nitrogens with one attached hydrogen (secondary N) is 1. The van der Waals surface area contributed by atoms with E-state index in [-0.39, 0.29) is 0 Å². The van der Waals surface area contributed by atoms with Crippen LogP contribution in [0.25, 0.3) is 0 Å². The maximum atomic E-state index is 4.52. The highest BCUT2D eigenvalue weighted by molar-refractivity contribution is 5.82. The van der Waals surface area contributed by atoms with Crippen molar-refractivity contribution >= 4 is 5.84 Å². The minimum atomic E-state index is 0.658. The van der Waals surface area contributed by atoms with Gasteiger partial charge in [0, 0.05) is 19.0 Å². The molecule has 2 nitrogen and oxygen atoms in total. The largest absolute Gasteiger partial charge is 0.371 e. The first-order valence-electron chi connectivity index (χ1n) is 5.66. The molecule has 1 aliphatic carbocycles. The van der Waals surface area contributed by atoms with Gasteiger partial charge in [0.05, 0.1) is 5.84 Å². The molecule has 0 aromatic rings. The molecular weight excluding hydrogens is 160 g/mol. The van der Waals surface area contributed by atoms with Crippen LogP contribution in [0.2, 0.25) is 0 Å². The number of rotatable bonds is 2. The Hall–Kier alpha value is -0.530. The van der Waals surface area contributed by atoms with Crippen LogP contribution in [0.3, 0.4) is 0 Å². The molecule has 1 fully saturated rings. The first kappa shape index (κ1) is 9.04. The Kier molecular flexibility index (Phi) is 2.87. The Bertz CT molecular complexity index is 194. The highest BCUT2D eigenvalue weighted by Gasteiger charge is 2.24. The summed E-state index contributed by atoms with van der Waals surface area (Å²) in [5.41, 5.74) is 0. The number of nitrogens with zero attached hydrogens (tertiary/aromatic N) is 1. The molecule has 1 saturated carbocycles. The molecule has 1 heterocycles. The van der Waals surface area contributed by atoms with Crippen molar-refractivity contribution < 1.29 is 0 Å². The lowest BCUT2D eigenvalue weighted by Crippen LogP contribution is -2.41. The molecule has 2 aliphatic rings. The predicted octanol–water partition coefficient (Wildman–Crippen LogP) is 2.35. The maximum Gasteiger partial charge on any atom is 0.0965 e. The third kappa shape index (κ3) is 2.23. The molecule has 74 valence electrons. The van der Waals surface area contributed by atoms with Crippen LogP contribution in [0.5, 0.6) is 0 Å². The molecule has 2 heteroatoms. The van der Waals surface area contributed by atoms with E-state index in [1.165, 1.54) is 44.4 Å². The van der Waals surface area contributed by atoms with Gasteiger partial charge in [0.1, 0.15) is 0 Å². The van der Waals surface area contributed by atoms with Crippen LogP contribution >= 0.6 is 0 Å². The van der Waals surface area contributed by atoms with Crippen molar-refractivity contribution in [3.05, 3.63) is 0 Å². The Morgan fingerprint density at radius 1 is 1.31 bits per heavy atom. The minimum absolute atomic E-state index is 0.658. The van der Waals surface area contributed by atoms with Crippen molar-refractivity contribution in [3.63, 3.8) is 0 Å². The summed E-state index contributed by atoms with van der Waals surface area (Å²) in [5.74, 6) is 2.19. The second kappa shape index (κ2) is 4.12. The van der Waals surface area contributed by atoms with Crippen molar-refractivity contribution in [2.24, 2.45) is 10.9 Å². The van der Waals surface area contributed by atoms with Gasteiger partial charge in [-0.3, -0.25) is 4.99 Å². The van der Waals surface area contributed by atoms with E-state index in [1.54, 1.807) is 0 Å². The molecule has 0 radical (unpaired) electrons.